The molecule has 0 spiro atoms. The Balaban J connectivity index is 1.62. The zero-order chi connectivity index (χ0) is 25.4. The van der Waals surface area contributed by atoms with Crippen LogP contribution >= 0.6 is 0 Å². The minimum absolute atomic E-state index is 0.124. The van der Waals surface area contributed by atoms with Gasteiger partial charge in [0, 0.05) is 31.9 Å². The summed E-state index contributed by atoms with van der Waals surface area (Å²) in [5.74, 6) is -0.631. The van der Waals surface area contributed by atoms with Crippen molar-refractivity contribution < 1.29 is 32.4 Å². The molecule has 1 fully saturated rings. The molecule has 2 aromatic heterocycles. The minimum Gasteiger partial charge on any atom is -0.461 e. The van der Waals surface area contributed by atoms with Crippen LogP contribution in [0.3, 0.4) is 0 Å². The molecule has 0 unspecified atom stereocenters. The molecule has 188 valence electrons. The van der Waals surface area contributed by atoms with Crippen molar-refractivity contribution in [2.45, 2.75) is 71.9 Å². The van der Waals surface area contributed by atoms with Gasteiger partial charge in [0.25, 0.3) is 0 Å². The van der Waals surface area contributed by atoms with E-state index in [4.69, 9.17) is 14.0 Å². The molecule has 0 atom stereocenters. The van der Waals surface area contributed by atoms with E-state index in [-0.39, 0.29) is 18.2 Å². The van der Waals surface area contributed by atoms with E-state index in [0.29, 0.717) is 26.1 Å². The molecule has 0 aromatic carbocycles. The second kappa shape index (κ2) is 9.79. The highest BCUT2D eigenvalue weighted by Crippen LogP contribution is 2.37. The van der Waals surface area contributed by atoms with Crippen molar-refractivity contribution in [3.63, 3.8) is 0 Å². The third kappa shape index (κ3) is 5.47. The fraction of sp³-hybridized carbons (Fsp3) is 0.542. The number of hydrogen-bond donors (Lipinski definition) is 0. The molecule has 0 saturated carbocycles. The number of fused-ring (bicyclic) bond motifs is 1. The summed E-state index contributed by atoms with van der Waals surface area (Å²) >= 11 is 0. The van der Waals surface area contributed by atoms with Gasteiger partial charge in [-0.1, -0.05) is 0 Å². The van der Waals surface area contributed by atoms with Gasteiger partial charge in [-0.2, -0.15) is 8.78 Å². The Bertz CT molecular complexity index is 1080. The molecule has 0 bridgehead atoms. The molecular weight excluding hydrogens is 459 g/mol. The number of alkyl halides is 2. The van der Waals surface area contributed by atoms with E-state index in [1.807, 2.05) is 27.7 Å². The van der Waals surface area contributed by atoms with Gasteiger partial charge in [-0.25, -0.2) is 14.8 Å². The number of rotatable bonds is 7. The summed E-state index contributed by atoms with van der Waals surface area (Å²) in [7, 11) is -0.634. The van der Waals surface area contributed by atoms with Crippen LogP contribution in [0.1, 0.15) is 61.9 Å². The van der Waals surface area contributed by atoms with Gasteiger partial charge in [0.15, 0.2) is 0 Å². The second-order valence-electron chi connectivity index (χ2n) is 9.67. The quantitative estimate of drug-likeness (QED) is 0.434. The van der Waals surface area contributed by atoms with Gasteiger partial charge in [-0.15, -0.1) is 0 Å². The number of pyridine rings is 2. The van der Waals surface area contributed by atoms with Crippen molar-refractivity contribution in [3.05, 3.63) is 46.9 Å². The van der Waals surface area contributed by atoms with Crippen LogP contribution in [0.5, 0.6) is 5.88 Å². The summed E-state index contributed by atoms with van der Waals surface area (Å²) < 4.78 is 47.3. The average molecular weight is 489 g/mol. The lowest BCUT2D eigenvalue weighted by Crippen LogP contribution is -2.42. The van der Waals surface area contributed by atoms with Crippen LogP contribution in [0.15, 0.2) is 24.4 Å². The van der Waals surface area contributed by atoms with Gasteiger partial charge >= 0.3 is 19.7 Å². The van der Waals surface area contributed by atoms with E-state index >= 15 is 0 Å². The number of esters is 1. The average Bonchev–Trinajstić information content (AvgIpc) is 2.99. The minimum atomic E-state index is -2.93. The van der Waals surface area contributed by atoms with Gasteiger partial charge in [-0.05, 0) is 69.8 Å². The zero-order valence-electron chi connectivity index (χ0n) is 20.6. The van der Waals surface area contributed by atoms with Crippen molar-refractivity contribution in [3.8, 4) is 5.88 Å². The first kappa shape index (κ1) is 25.5. The van der Waals surface area contributed by atoms with E-state index in [2.05, 4.69) is 19.6 Å². The number of ether oxygens (including phenoxy) is 2. The first-order chi connectivity index (χ1) is 16.5. The number of aromatic nitrogens is 2. The second-order valence-corrected chi connectivity index (χ2v) is 9.67. The molecule has 0 radical (unpaired) electrons. The number of halogens is 2. The maximum absolute atomic E-state index is 12.6. The normalized spacial score (nSPS) is 19.0. The Kier molecular flexibility index (Phi) is 7.12. The van der Waals surface area contributed by atoms with Gasteiger partial charge in [-0.3, -0.25) is 4.90 Å². The first-order valence-corrected chi connectivity index (χ1v) is 11.7. The van der Waals surface area contributed by atoms with Crippen LogP contribution in [0.25, 0.3) is 0 Å². The molecule has 0 aliphatic carbocycles. The predicted molar refractivity (Wildman–Crippen MR) is 125 cm³/mol. The third-order valence-electron chi connectivity index (χ3n) is 6.70. The molecule has 0 N–H and O–H groups in total. The van der Waals surface area contributed by atoms with E-state index in [1.165, 1.54) is 12.3 Å². The first-order valence-electron chi connectivity index (χ1n) is 11.7. The Morgan fingerprint density at radius 2 is 1.94 bits per heavy atom. The van der Waals surface area contributed by atoms with Gasteiger partial charge in [0.2, 0.25) is 5.88 Å². The predicted octanol–water partition coefficient (Wildman–Crippen LogP) is 3.11. The van der Waals surface area contributed by atoms with Crippen molar-refractivity contribution in [1.29, 1.82) is 0 Å². The molecule has 11 heteroatoms. The van der Waals surface area contributed by atoms with Crippen molar-refractivity contribution >= 4 is 18.6 Å². The monoisotopic (exact) mass is 489 g/mol. The Hall–Kier alpha value is -2.63. The fourth-order valence-electron chi connectivity index (χ4n) is 4.21. The van der Waals surface area contributed by atoms with Crippen LogP contribution in [0.2, 0.25) is 0 Å². The summed E-state index contributed by atoms with van der Waals surface area (Å²) in [6.45, 7) is 8.62. The molecule has 4 rings (SSSR count). The summed E-state index contributed by atoms with van der Waals surface area (Å²) in [6, 6.07) is 4.97. The lowest BCUT2D eigenvalue weighted by molar-refractivity contribution is -0.0529. The highest BCUT2D eigenvalue weighted by atomic mass is 19.3. The van der Waals surface area contributed by atoms with Crippen molar-refractivity contribution in [2.75, 3.05) is 13.2 Å². The van der Waals surface area contributed by atoms with Crippen LogP contribution in [-0.2, 0) is 33.6 Å². The summed E-state index contributed by atoms with van der Waals surface area (Å²) in [4.78, 5) is 23.2. The smallest absolute Gasteiger partial charge is 0.461 e. The molecule has 2 aliphatic heterocycles. The maximum atomic E-state index is 12.6. The lowest BCUT2D eigenvalue weighted by atomic mass is 9.74. The third-order valence-corrected chi connectivity index (χ3v) is 6.70. The topological polar surface area (TPSA) is 83.0 Å². The summed E-state index contributed by atoms with van der Waals surface area (Å²) in [6.07, 6.45) is 2.11. The standard InChI is InChI=1S/C24H30BF2N3O5/c1-6-32-21(31)18-12-17(25-34-23(2,3)24(4,5)35-25)16-8-10-30(14-19(16)29-18)13-15-7-9-28-20(11-15)33-22(26)27/h7,9,11-12,22H,6,8,10,13-14H2,1-5H3. The SMILES string of the molecule is CCOC(=O)c1cc(B2OC(C)(C)C(C)(C)O2)c2c(n1)CN(Cc1ccnc(OC(F)F)c1)CC2. The van der Waals surface area contributed by atoms with E-state index in [1.54, 1.807) is 19.1 Å². The molecule has 2 aliphatic rings. The van der Waals surface area contributed by atoms with Crippen LogP contribution in [0.4, 0.5) is 8.78 Å². The van der Waals surface area contributed by atoms with E-state index in [0.717, 1.165) is 22.3 Å². The molecule has 4 heterocycles. The van der Waals surface area contributed by atoms with Gasteiger partial charge in [0.05, 0.1) is 23.5 Å². The largest absolute Gasteiger partial charge is 0.495 e. The number of nitrogens with zero attached hydrogens (tertiary/aromatic N) is 3. The number of carbonyl (C=O) groups excluding carboxylic acids is 1. The lowest BCUT2D eigenvalue weighted by Gasteiger charge is -2.32. The zero-order valence-corrected chi connectivity index (χ0v) is 20.6. The van der Waals surface area contributed by atoms with Crippen LogP contribution < -0.4 is 10.2 Å². The number of carbonyl (C=O) groups is 1. The van der Waals surface area contributed by atoms with E-state index < -0.39 is 30.9 Å². The van der Waals surface area contributed by atoms with E-state index in [9.17, 15) is 13.6 Å². The summed E-state index contributed by atoms with van der Waals surface area (Å²) in [5.41, 5.74) is 2.44. The maximum Gasteiger partial charge on any atom is 0.495 e. The highest BCUT2D eigenvalue weighted by Gasteiger charge is 2.52. The molecule has 1 saturated heterocycles. The van der Waals surface area contributed by atoms with Crippen molar-refractivity contribution in [2.24, 2.45) is 0 Å². The Morgan fingerprint density at radius 1 is 1.23 bits per heavy atom. The van der Waals surface area contributed by atoms with Crippen molar-refractivity contribution in [1.82, 2.24) is 14.9 Å². The Labute approximate surface area is 204 Å². The summed E-state index contributed by atoms with van der Waals surface area (Å²) in [5, 5.41) is 0. The Morgan fingerprint density at radius 3 is 2.60 bits per heavy atom. The van der Waals surface area contributed by atoms with Gasteiger partial charge in [0.1, 0.15) is 5.69 Å². The fourth-order valence-corrected chi connectivity index (χ4v) is 4.21. The highest BCUT2D eigenvalue weighted by molar-refractivity contribution is 6.62. The molecule has 0 amide bonds. The van der Waals surface area contributed by atoms with Crippen LogP contribution in [-0.4, -0.2) is 58.9 Å². The van der Waals surface area contributed by atoms with Gasteiger partial charge < -0.3 is 18.8 Å². The van der Waals surface area contributed by atoms with Crippen LogP contribution in [0, 0.1) is 0 Å². The molecular formula is C24H30BF2N3O5. The molecule has 8 nitrogen and oxygen atoms in total. The molecule has 35 heavy (non-hydrogen) atoms. The number of hydrogen-bond acceptors (Lipinski definition) is 8. The molecule has 2 aromatic rings.